The van der Waals surface area contributed by atoms with Crippen LogP contribution in [0.4, 0.5) is 4.79 Å². The first-order valence-electron chi connectivity index (χ1n) is 11.9. The van der Waals surface area contributed by atoms with Crippen molar-refractivity contribution in [3.8, 4) is 5.75 Å². The first-order chi connectivity index (χ1) is 16.2. The molecule has 34 heavy (non-hydrogen) atoms. The SMILES string of the molecule is CC(C)(C)OC(=O)N1CC[C@H]2[C@@H](C1)[C@H](c1ccccc1)CN2Cc1ccc(OCC(=O)O)cc1. The Morgan fingerprint density at radius 2 is 1.74 bits per heavy atom. The van der Waals surface area contributed by atoms with Crippen LogP contribution in [0.25, 0.3) is 0 Å². The number of carbonyl (C=O) groups excluding carboxylic acids is 1. The molecule has 182 valence electrons. The summed E-state index contributed by atoms with van der Waals surface area (Å²) in [6.45, 7) is 8.48. The Balaban J connectivity index is 1.48. The normalized spacial score (nSPS) is 22.8. The summed E-state index contributed by atoms with van der Waals surface area (Å²) in [7, 11) is 0. The smallest absolute Gasteiger partial charge is 0.410 e. The van der Waals surface area contributed by atoms with Crippen LogP contribution in [0.3, 0.4) is 0 Å². The van der Waals surface area contributed by atoms with Gasteiger partial charge < -0.3 is 19.5 Å². The summed E-state index contributed by atoms with van der Waals surface area (Å²) < 4.78 is 10.9. The zero-order chi connectivity index (χ0) is 24.3. The van der Waals surface area contributed by atoms with Gasteiger partial charge >= 0.3 is 12.1 Å². The minimum absolute atomic E-state index is 0.229. The Morgan fingerprint density at radius 1 is 1.03 bits per heavy atom. The van der Waals surface area contributed by atoms with Gasteiger partial charge in [0.05, 0.1) is 0 Å². The summed E-state index contributed by atoms with van der Waals surface area (Å²) in [5, 5.41) is 8.79. The fourth-order valence-corrected chi connectivity index (χ4v) is 5.14. The Morgan fingerprint density at radius 3 is 2.38 bits per heavy atom. The molecule has 2 aliphatic rings. The number of fused-ring (bicyclic) bond motifs is 1. The summed E-state index contributed by atoms with van der Waals surface area (Å²) in [4.78, 5) is 27.9. The van der Waals surface area contributed by atoms with Gasteiger partial charge in [0.2, 0.25) is 0 Å². The van der Waals surface area contributed by atoms with Gasteiger partial charge in [0.25, 0.3) is 0 Å². The van der Waals surface area contributed by atoms with E-state index in [1.807, 2.05) is 56.0 Å². The van der Waals surface area contributed by atoms with Crippen LogP contribution in [0.5, 0.6) is 5.75 Å². The summed E-state index contributed by atoms with van der Waals surface area (Å²) in [5.41, 5.74) is 1.96. The fraction of sp³-hybridized carbons (Fsp3) is 0.481. The van der Waals surface area contributed by atoms with E-state index < -0.39 is 11.6 Å². The summed E-state index contributed by atoms with van der Waals surface area (Å²) in [6.07, 6.45) is 0.681. The van der Waals surface area contributed by atoms with Crippen molar-refractivity contribution >= 4 is 12.1 Å². The predicted molar refractivity (Wildman–Crippen MR) is 129 cm³/mol. The molecule has 2 fully saturated rings. The van der Waals surface area contributed by atoms with Gasteiger partial charge in [-0.25, -0.2) is 9.59 Å². The molecule has 0 saturated carbocycles. The van der Waals surface area contributed by atoms with Crippen molar-refractivity contribution in [1.82, 2.24) is 9.80 Å². The van der Waals surface area contributed by atoms with E-state index in [-0.39, 0.29) is 12.7 Å². The van der Waals surface area contributed by atoms with Gasteiger partial charge in [-0.15, -0.1) is 0 Å². The number of amides is 1. The van der Waals surface area contributed by atoms with E-state index in [0.29, 0.717) is 36.7 Å². The van der Waals surface area contributed by atoms with Crippen molar-refractivity contribution < 1.29 is 24.2 Å². The molecule has 4 rings (SSSR count). The lowest BCUT2D eigenvalue weighted by Gasteiger charge is -2.39. The third-order valence-corrected chi connectivity index (χ3v) is 6.59. The van der Waals surface area contributed by atoms with Crippen LogP contribution >= 0.6 is 0 Å². The molecule has 1 amide bonds. The first-order valence-corrected chi connectivity index (χ1v) is 11.9. The van der Waals surface area contributed by atoms with Crippen LogP contribution in [-0.2, 0) is 16.1 Å². The van der Waals surface area contributed by atoms with Gasteiger partial charge in [-0.3, -0.25) is 4.90 Å². The van der Waals surface area contributed by atoms with Gasteiger partial charge in [0.15, 0.2) is 6.61 Å². The lowest BCUT2D eigenvalue weighted by molar-refractivity contribution is -0.139. The number of piperidine rings is 1. The number of nitrogens with zero attached hydrogens (tertiary/aromatic N) is 2. The minimum atomic E-state index is -0.989. The van der Waals surface area contributed by atoms with Crippen molar-refractivity contribution in [2.75, 3.05) is 26.2 Å². The molecule has 7 nitrogen and oxygen atoms in total. The van der Waals surface area contributed by atoms with E-state index in [1.165, 1.54) is 5.56 Å². The van der Waals surface area contributed by atoms with Crippen LogP contribution in [0, 0.1) is 5.92 Å². The molecule has 2 aromatic rings. The number of hydrogen-bond donors (Lipinski definition) is 1. The molecule has 0 radical (unpaired) electrons. The largest absolute Gasteiger partial charge is 0.482 e. The number of carboxylic acids is 1. The number of aliphatic carboxylic acids is 1. The number of benzene rings is 2. The summed E-state index contributed by atoms with van der Waals surface area (Å²) in [5.74, 6) is 0.242. The third-order valence-electron chi connectivity index (χ3n) is 6.59. The number of carbonyl (C=O) groups is 2. The topological polar surface area (TPSA) is 79.3 Å². The molecule has 1 N–H and O–H groups in total. The molecule has 2 heterocycles. The second kappa shape index (κ2) is 10.1. The summed E-state index contributed by atoms with van der Waals surface area (Å²) >= 11 is 0. The number of likely N-dealkylation sites (tertiary alicyclic amines) is 2. The van der Waals surface area contributed by atoms with E-state index in [0.717, 1.165) is 25.1 Å². The molecule has 3 atom stereocenters. The number of carboxylic acid groups (broad SMARTS) is 1. The van der Waals surface area contributed by atoms with E-state index in [2.05, 4.69) is 29.2 Å². The average Bonchev–Trinajstić information content (AvgIpc) is 3.15. The van der Waals surface area contributed by atoms with Crippen LogP contribution in [0.2, 0.25) is 0 Å². The van der Waals surface area contributed by atoms with Crippen LogP contribution < -0.4 is 4.74 Å². The van der Waals surface area contributed by atoms with Crippen molar-refractivity contribution in [3.63, 3.8) is 0 Å². The van der Waals surface area contributed by atoms with Gasteiger partial charge in [-0.2, -0.15) is 0 Å². The highest BCUT2D eigenvalue weighted by Gasteiger charge is 2.46. The molecule has 0 unspecified atom stereocenters. The van der Waals surface area contributed by atoms with Crippen molar-refractivity contribution in [1.29, 1.82) is 0 Å². The molecule has 2 aromatic carbocycles. The second-order valence-electron chi connectivity index (χ2n) is 10.2. The van der Waals surface area contributed by atoms with E-state index in [9.17, 15) is 9.59 Å². The predicted octanol–water partition coefficient (Wildman–Crippen LogP) is 4.38. The minimum Gasteiger partial charge on any atom is -0.482 e. The van der Waals surface area contributed by atoms with Gasteiger partial charge in [0, 0.05) is 44.1 Å². The quantitative estimate of drug-likeness (QED) is 0.681. The van der Waals surface area contributed by atoms with Crippen LogP contribution in [0.1, 0.15) is 44.2 Å². The Labute approximate surface area is 201 Å². The molecular weight excluding hydrogens is 432 g/mol. The average molecular weight is 467 g/mol. The van der Waals surface area contributed by atoms with Crippen LogP contribution in [0.15, 0.2) is 54.6 Å². The lowest BCUT2D eigenvalue weighted by atomic mass is 9.82. The maximum Gasteiger partial charge on any atom is 0.410 e. The number of rotatable bonds is 6. The maximum absolute atomic E-state index is 12.8. The molecule has 0 aliphatic carbocycles. The highest BCUT2D eigenvalue weighted by Crippen LogP contribution is 2.42. The molecule has 0 bridgehead atoms. The molecule has 7 heteroatoms. The highest BCUT2D eigenvalue weighted by molar-refractivity contribution is 5.68. The van der Waals surface area contributed by atoms with Gasteiger partial charge in [-0.1, -0.05) is 42.5 Å². The third kappa shape index (κ3) is 5.89. The fourth-order valence-electron chi connectivity index (χ4n) is 5.14. The standard InChI is InChI=1S/C27H34N2O5/c1-27(2,3)34-26(32)28-14-13-24-23(17-28)22(20-7-5-4-6-8-20)16-29(24)15-19-9-11-21(12-10-19)33-18-25(30)31/h4-12,22-24H,13-18H2,1-3H3,(H,30,31)/t22-,23-,24-/m0/s1. The summed E-state index contributed by atoms with van der Waals surface area (Å²) in [6, 6.07) is 18.6. The van der Waals surface area contributed by atoms with Crippen molar-refractivity contribution in [3.05, 3.63) is 65.7 Å². The molecule has 0 spiro atoms. The monoisotopic (exact) mass is 466 g/mol. The van der Waals surface area contributed by atoms with E-state index >= 15 is 0 Å². The molecule has 2 aliphatic heterocycles. The second-order valence-corrected chi connectivity index (χ2v) is 10.2. The van der Waals surface area contributed by atoms with Gasteiger partial charge in [0.1, 0.15) is 11.4 Å². The highest BCUT2D eigenvalue weighted by atomic mass is 16.6. The molecule has 2 saturated heterocycles. The number of ether oxygens (including phenoxy) is 2. The maximum atomic E-state index is 12.8. The first kappa shape index (κ1) is 24.1. The lowest BCUT2D eigenvalue weighted by Crippen LogP contribution is -2.49. The van der Waals surface area contributed by atoms with E-state index in [4.69, 9.17) is 14.6 Å². The Kier molecular flexibility index (Phi) is 7.12. The van der Waals surface area contributed by atoms with Crippen molar-refractivity contribution in [2.24, 2.45) is 5.92 Å². The zero-order valence-corrected chi connectivity index (χ0v) is 20.1. The van der Waals surface area contributed by atoms with Crippen molar-refractivity contribution in [2.45, 2.75) is 51.3 Å². The van der Waals surface area contributed by atoms with E-state index in [1.54, 1.807) is 0 Å². The molecular formula is C27H34N2O5. The van der Waals surface area contributed by atoms with Gasteiger partial charge in [-0.05, 0) is 50.5 Å². The zero-order valence-electron chi connectivity index (χ0n) is 20.1. The molecule has 0 aromatic heterocycles. The Hall–Kier alpha value is -3.06. The Bertz CT molecular complexity index is 986. The van der Waals surface area contributed by atoms with Crippen LogP contribution in [-0.4, -0.2) is 64.9 Å². The number of hydrogen-bond acceptors (Lipinski definition) is 5.